The molecule has 0 amide bonds. The lowest BCUT2D eigenvalue weighted by molar-refractivity contribution is -0.583. The van der Waals surface area contributed by atoms with Gasteiger partial charge in [-0.15, -0.1) is 0 Å². The average molecular weight is 311 g/mol. The van der Waals surface area contributed by atoms with E-state index in [0.717, 1.165) is 0 Å². The van der Waals surface area contributed by atoms with Crippen LogP contribution in [0.2, 0.25) is 0 Å². The zero-order valence-corrected chi connectivity index (χ0v) is 13.3. The van der Waals surface area contributed by atoms with Crippen LogP contribution >= 0.6 is 0 Å². The second-order valence-electron chi connectivity index (χ2n) is 5.84. The van der Waals surface area contributed by atoms with Gasteiger partial charge < -0.3 is 9.53 Å². The van der Waals surface area contributed by atoms with Crippen molar-refractivity contribution in [2.24, 2.45) is 5.92 Å². The van der Waals surface area contributed by atoms with E-state index in [1.807, 2.05) is 6.07 Å². The van der Waals surface area contributed by atoms with Crippen molar-refractivity contribution in [1.29, 1.82) is 5.26 Å². The summed E-state index contributed by atoms with van der Waals surface area (Å²) in [5.41, 5.74) is -3.37. The quantitative estimate of drug-likeness (QED) is 0.418. The van der Waals surface area contributed by atoms with Gasteiger partial charge in [0.25, 0.3) is 0 Å². The minimum atomic E-state index is -1.83. The molecule has 1 aliphatic rings. The predicted octanol–water partition coefficient (Wildman–Crippen LogP) is 0.778. The molecule has 0 N–H and O–H groups in total. The average Bonchev–Trinajstić information content (AvgIpc) is 2.43. The fraction of sp³-hybridized carbons (Fsp3) is 0.786. The van der Waals surface area contributed by atoms with E-state index in [1.165, 1.54) is 18.7 Å². The molecule has 0 unspecified atom stereocenters. The first kappa shape index (κ1) is 18.0. The van der Waals surface area contributed by atoms with Crippen molar-refractivity contribution < 1.29 is 19.2 Å². The molecule has 0 aromatic rings. The minimum Gasteiger partial charge on any atom is -0.464 e. The van der Waals surface area contributed by atoms with Gasteiger partial charge in [0, 0.05) is 31.2 Å². The number of carbonyl (C=O) groups is 2. The fourth-order valence-electron chi connectivity index (χ4n) is 3.08. The Labute approximate surface area is 129 Å². The van der Waals surface area contributed by atoms with Crippen LogP contribution in [0.15, 0.2) is 0 Å². The van der Waals surface area contributed by atoms with E-state index in [0.29, 0.717) is 0 Å². The maximum Gasteiger partial charge on any atom is 0.342 e. The Morgan fingerprint density at radius 1 is 1.55 bits per heavy atom. The lowest BCUT2D eigenvalue weighted by atomic mass is 9.65. The number of hydrogen-bond acceptors (Lipinski definition) is 7. The van der Waals surface area contributed by atoms with E-state index in [1.54, 1.807) is 14.0 Å². The number of carbonyl (C=O) groups excluding carboxylic acids is 2. The smallest absolute Gasteiger partial charge is 0.342 e. The largest absolute Gasteiger partial charge is 0.464 e. The van der Waals surface area contributed by atoms with Gasteiger partial charge >= 0.3 is 5.97 Å². The first-order valence-electron chi connectivity index (χ1n) is 7.10. The third-order valence-corrected chi connectivity index (χ3v) is 4.48. The molecular weight excluding hydrogens is 290 g/mol. The second-order valence-corrected chi connectivity index (χ2v) is 5.84. The Morgan fingerprint density at radius 3 is 2.55 bits per heavy atom. The van der Waals surface area contributed by atoms with Crippen LogP contribution in [0.4, 0.5) is 0 Å². The third-order valence-electron chi connectivity index (χ3n) is 4.48. The van der Waals surface area contributed by atoms with Gasteiger partial charge in [-0.3, -0.25) is 15.0 Å². The summed E-state index contributed by atoms with van der Waals surface area (Å²) in [4.78, 5) is 36.6. The number of esters is 1. The van der Waals surface area contributed by atoms with E-state index >= 15 is 0 Å². The number of nitrogens with zero attached hydrogens (tertiary/aromatic N) is 3. The lowest BCUT2D eigenvalue weighted by Gasteiger charge is -2.48. The topological polar surface area (TPSA) is 114 Å². The van der Waals surface area contributed by atoms with Crippen molar-refractivity contribution in [3.8, 4) is 6.07 Å². The molecule has 22 heavy (non-hydrogen) atoms. The Hall–Kier alpha value is -2.01. The van der Waals surface area contributed by atoms with E-state index in [9.17, 15) is 25.0 Å². The highest BCUT2D eigenvalue weighted by molar-refractivity contribution is 5.87. The van der Waals surface area contributed by atoms with Gasteiger partial charge in [0.2, 0.25) is 11.1 Å². The van der Waals surface area contributed by atoms with Crippen LogP contribution in [0.5, 0.6) is 0 Å². The van der Waals surface area contributed by atoms with Gasteiger partial charge in [0.15, 0.2) is 0 Å². The van der Waals surface area contributed by atoms with Gasteiger partial charge in [0.1, 0.15) is 5.78 Å². The van der Waals surface area contributed by atoms with Gasteiger partial charge in [-0.05, 0) is 20.9 Å². The van der Waals surface area contributed by atoms with Crippen LogP contribution in [-0.4, -0.2) is 52.9 Å². The summed E-state index contributed by atoms with van der Waals surface area (Å²) in [5.74, 6) is -2.22. The highest BCUT2D eigenvalue weighted by Crippen LogP contribution is 2.44. The van der Waals surface area contributed by atoms with Gasteiger partial charge in [-0.1, -0.05) is 0 Å². The number of nitro groups is 1. The predicted molar refractivity (Wildman–Crippen MR) is 76.4 cm³/mol. The zero-order chi connectivity index (χ0) is 17.1. The normalized spacial score (nSPS) is 32.0. The molecule has 0 aromatic carbocycles. The Balaban J connectivity index is 3.51. The summed E-state index contributed by atoms with van der Waals surface area (Å²) in [5, 5.41) is 21.3. The summed E-state index contributed by atoms with van der Waals surface area (Å²) in [6.07, 6.45) is -0.0779. The first-order valence-corrected chi connectivity index (χ1v) is 7.10. The van der Waals surface area contributed by atoms with E-state index in [4.69, 9.17) is 4.74 Å². The molecule has 1 rings (SSSR count). The molecule has 0 saturated carbocycles. The molecule has 0 spiro atoms. The molecule has 0 aliphatic carbocycles. The molecule has 1 aliphatic heterocycles. The van der Waals surface area contributed by atoms with Crippen molar-refractivity contribution in [3.05, 3.63) is 10.1 Å². The molecule has 1 heterocycles. The van der Waals surface area contributed by atoms with Crippen LogP contribution in [0, 0.1) is 27.4 Å². The molecule has 1 fully saturated rings. The number of Topliss-reactive ketones (excluding diaryl/α,β-unsaturated/α-hetero) is 1. The molecular formula is C14H21N3O5. The van der Waals surface area contributed by atoms with Crippen LogP contribution < -0.4 is 0 Å². The van der Waals surface area contributed by atoms with Crippen molar-refractivity contribution in [2.75, 3.05) is 20.2 Å². The molecule has 0 aromatic heterocycles. The number of hydrogen-bond donors (Lipinski definition) is 0. The summed E-state index contributed by atoms with van der Waals surface area (Å²) < 4.78 is 4.99. The molecule has 122 valence electrons. The Kier molecular flexibility index (Phi) is 5.25. The fourth-order valence-corrected chi connectivity index (χ4v) is 3.08. The molecule has 0 radical (unpaired) electrons. The summed E-state index contributed by atoms with van der Waals surface area (Å²) in [6, 6.07) is 1.91. The maximum absolute atomic E-state index is 12.4. The van der Waals surface area contributed by atoms with Gasteiger partial charge in [-0.2, -0.15) is 5.26 Å². The van der Waals surface area contributed by atoms with Crippen molar-refractivity contribution in [3.63, 3.8) is 0 Å². The minimum absolute atomic E-state index is 0.0536. The monoisotopic (exact) mass is 311 g/mol. The Bertz CT molecular complexity index is 529. The third kappa shape index (κ3) is 2.68. The number of nitriles is 1. The van der Waals surface area contributed by atoms with Crippen molar-refractivity contribution >= 4 is 11.8 Å². The second kappa shape index (κ2) is 6.40. The SMILES string of the molecule is CCOC(=O)[C@@]1(C#N)[C@H](CC(C)=O)[C@@](C)([N+](=O)[O-])CCN1C. The summed E-state index contributed by atoms with van der Waals surface area (Å²) >= 11 is 0. The standard InChI is InChI=1S/C14H21N3O5/c1-5-22-12(19)14(9-15)11(8-10(2)18)13(3,17(20)21)6-7-16(14)4/h11H,5-8H2,1-4H3/t11-,13+,14-/m1/s1. The number of ether oxygens (including phenoxy) is 1. The van der Waals surface area contributed by atoms with Gasteiger partial charge in [-0.25, -0.2) is 4.79 Å². The van der Waals surface area contributed by atoms with E-state index < -0.39 is 27.9 Å². The number of likely N-dealkylation sites (N-methyl/N-ethyl adjacent to an activating group) is 1. The van der Waals surface area contributed by atoms with Gasteiger partial charge in [0.05, 0.1) is 18.6 Å². The van der Waals surface area contributed by atoms with Crippen LogP contribution in [0.3, 0.4) is 0 Å². The van der Waals surface area contributed by atoms with Crippen molar-refractivity contribution in [1.82, 2.24) is 4.90 Å². The highest BCUT2D eigenvalue weighted by Gasteiger charge is 2.66. The van der Waals surface area contributed by atoms with E-state index in [2.05, 4.69) is 0 Å². The highest BCUT2D eigenvalue weighted by atomic mass is 16.6. The molecule has 8 heteroatoms. The molecule has 3 atom stereocenters. The summed E-state index contributed by atoms with van der Waals surface area (Å²) in [7, 11) is 1.55. The van der Waals surface area contributed by atoms with E-state index in [-0.39, 0.29) is 31.8 Å². The van der Waals surface area contributed by atoms with Crippen LogP contribution in [0.1, 0.15) is 33.6 Å². The number of likely N-dealkylation sites (tertiary alicyclic amines) is 1. The molecule has 1 saturated heterocycles. The van der Waals surface area contributed by atoms with Crippen LogP contribution in [-0.2, 0) is 14.3 Å². The maximum atomic E-state index is 12.4. The first-order chi connectivity index (χ1) is 10.2. The van der Waals surface area contributed by atoms with Crippen LogP contribution in [0.25, 0.3) is 0 Å². The zero-order valence-electron chi connectivity index (χ0n) is 13.3. The number of rotatable bonds is 5. The molecule has 8 nitrogen and oxygen atoms in total. The lowest BCUT2D eigenvalue weighted by Crippen LogP contribution is -2.69. The Morgan fingerprint density at radius 2 is 2.14 bits per heavy atom. The summed E-state index contributed by atoms with van der Waals surface area (Å²) in [6.45, 7) is 4.52. The molecule has 0 bridgehead atoms. The van der Waals surface area contributed by atoms with Crippen molar-refractivity contribution in [2.45, 2.75) is 44.7 Å². The number of ketones is 1. The number of piperidine rings is 1.